The molecule has 230 valence electrons. The number of benzene rings is 2. The van der Waals surface area contributed by atoms with Crippen molar-refractivity contribution in [1.82, 2.24) is 14.7 Å². The van der Waals surface area contributed by atoms with Crippen molar-refractivity contribution < 1.29 is 47.4 Å². The van der Waals surface area contributed by atoms with Gasteiger partial charge in [-0.2, -0.15) is 0 Å². The number of rotatable bonds is 9. The van der Waals surface area contributed by atoms with Crippen LogP contribution in [0.15, 0.2) is 48.6 Å². The maximum absolute atomic E-state index is 13.9. The van der Waals surface area contributed by atoms with Crippen molar-refractivity contribution in [2.75, 3.05) is 26.2 Å². The number of carbonyl (C=O) groups is 5. The average Bonchev–Trinajstić information content (AvgIpc) is 3.25. The summed E-state index contributed by atoms with van der Waals surface area (Å²) in [6.07, 6.45) is 0.905. The summed E-state index contributed by atoms with van der Waals surface area (Å²) in [6.45, 7) is 1.74. The third kappa shape index (κ3) is 9.03. The van der Waals surface area contributed by atoms with Gasteiger partial charge in [0.25, 0.3) is 0 Å². The van der Waals surface area contributed by atoms with Crippen LogP contribution >= 0.6 is 0 Å². The first kappa shape index (κ1) is 32.6. The van der Waals surface area contributed by atoms with Gasteiger partial charge in [-0.05, 0) is 35.7 Å². The van der Waals surface area contributed by atoms with E-state index in [2.05, 4.69) is 0 Å². The number of nitrogens with two attached hydrogens (primary N) is 2. The fraction of sp³-hybridized carbons (Fsp3) is 0.321. The van der Waals surface area contributed by atoms with E-state index >= 15 is 0 Å². The van der Waals surface area contributed by atoms with Crippen molar-refractivity contribution in [2.24, 2.45) is 11.5 Å². The van der Waals surface area contributed by atoms with Gasteiger partial charge in [0.15, 0.2) is 11.6 Å². The minimum Gasteiger partial charge on any atom is -0.478 e. The Labute approximate surface area is 243 Å². The zero-order chi connectivity index (χ0) is 31.8. The Morgan fingerprint density at radius 3 is 2.23 bits per heavy atom. The molecule has 2 aromatic carbocycles. The highest BCUT2D eigenvalue weighted by molar-refractivity contribution is 5.93. The summed E-state index contributed by atoms with van der Waals surface area (Å²) in [5.41, 5.74) is 12.4. The molecule has 0 aliphatic carbocycles. The molecule has 0 radical (unpaired) electrons. The smallest absolute Gasteiger partial charge is 0.328 e. The average molecular weight is 606 g/mol. The molecule has 0 spiro atoms. The second-order valence-electron chi connectivity index (χ2n) is 9.95. The lowest BCUT2D eigenvalue weighted by atomic mass is 10.0. The van der Waals surface area contributed by atoms with Crippen molar-refractivity contribution >= 4 is 29.8 Å². The number of fused-ring (bicyclic) bond motifs is 1. The second-order valence-corrected chi connectivity index (χ2v) is 9.95. The quantitative estimate of drug-likeness (QED) is 0.243. The Balaban J connectivity index is 0.000000557. The van der Waals surface area contributed by atoms with Crippen molar-refractivity contribution in [3.8, 4) is 0 Å². The Hall–Kier alpha value is -4.92. The molecule has 0 saturated carbocycles. The lowest BCUT2D eigenvalue weighted by Gasteiger charge is -2.36. The summed E-state index contributed by atoms with van der Waals surface area (Å²) in [7, 11) is 0. The highest BCUT2D eigenvalue weighted by atomic mass is 19.2. The van der Waals surface area contributed by atoms with Crippen LogP contribution in [0.3, 0.4) is 0 Å². The number of hydrogen-bond donors (Lipinski definition) is 4. The van der Waals surface area contributed by atoms with Gasteiger partial charge < -0.3 is 36.4 Å². The van der Waals surface area contributed by atoms with Crippen LogP contribution in [0.2, 0.25) is 0 Å². The molecule has 2 fully saturated rings. The third-order valence-electron chi connectivity index (χ3n) is 6.74. The molecule has 12 nitrogen and oxygen atoms in total. The summed E-state index contributed by atoms with van der Waals surface area (Å²) in [5, 5.41) is 15.6. The largest absolute Gasteiger partial charge is 0.478 e. The highest BCUT2D eigenvalue weighted by Crippen LogP contribution is 2.24. The van der Waals surface area contributed by atoms with E-state index in [-0.39, 0.29) is 36.4 Å². The second kappa shape index (κ2) is 14.3. The van der Waals surface area contributed by atoms with Crippen LogP contribution in [0.1, 0.15) is 27.9 Å². The maximum Gasteiger partial charge on any atom is 0.328 e. The number of nitrogens with zero attached hydrogens (tertiary/aromatic N) is 3. The molecule has 0 aromatic heterocycles. The van der Waals surface area contributed by atoms with E-state index in [0.717, 1.165) is 11.6 Å². The molecule has 43 heavy (non-hydrogen) atoms. The van der Waals surface area contributed by atoms with Crippen molar-refractivity contribution in [1.29, 1.82) is 0 Å². The van der Waals surface area contributed by atoms with Crippen molar-refractivity contribution in [2.45, 2.75) is 31.5 Å². The molecular formula is C28H30F3N5O7. The Morgan fingerprint density at radius 1 is 0.953 bits per heavy atom. The summed E-state index contributed by atoms with van der Waals surface area (Å²) in [4.78, 5) is 61.2. The van der Waals surface area contributed by atoms with Crippen molar-refractivity contribution in [3.63, 3.8) is 0 Å². The lowest BCUT2D eigenvalue weighted by molar-refractivity contribution is -0.134. The van der Waals surface area contributed by atoms with E-state index in [0.29, 0.717) is 56.5 Å². The fourth-order valence-corrected chi connectivity index (χ4v) is 4.75. The number of halogens is 3. The zero-order valence-corrected chi connectivity index (χ0v) is 22.8. The minimum absolute atomic E-state index is 0.0912. The first-order valence-corrected chi connectivity index (χ1v) is 13.0. The number of carboxylic acid groups (broad SMARTS) is 2. The van der Waals surface area contributed by atoms with E-state index < -0.39 is 41.3 Å². The highest BCUT2D eigenvalue weighted by Gasteiger charge is 2.41. The molecule has 6 N–H and O–H groups in total. The van der Waals surface area contributed by atoms with E-state index in [1.54, 1.807) is 32.9 Å². The molecule has 4 rings (SSSR count). The van der Waals surface area contributed by atoms with Gasteiger partial charge in [0.2, 0.25) is 11.8 Å². The molecule has 15 heteroatoms. The predicted octanol–water partition coefficient (Wildman–Crippen LogP) is 1.32. The van der Waals surface area contributed by atoms with Gasteiger partial charge in [-0.1, -0.05) is 12.1 Å². The molecule has 2 aromatic rings. The summed E-state index contributed by atoms with van der Waals surface area (Å²) in [5.74, 6) is -6.68. The summed E-state index contributed by atoms with van der Waals surface area (Å²) >= 11 is 0. The number of carboxylic acids is 2. The summed E-state index contributed by atoms with van der Waals surface area (Å²) < 4.78 is 40.5. The lowest BCUT2D eigenvalue weighted by Crippen LogP contribution is -2.54. The molecular weight excluding hydrogens is 575 g/mol. The van der Waals surface area contributed by atoms with Crippen LogP contribution in [0, 0.1) is 17.5 Å². The van der Waals surface area contributed by atoms with Crippen LogP contribution < -0.4 is 11.5 Å². The fourth-order valence-electron chi connectivity index (χ4n) is 4.75. The van der Waals surface area contributed by atoms with Gasteiger partial charge in [-0.15, -0.1) is 0 Å². The van der Waals surface area contributed by atoms with Gasteiger partial charge in [-0.3, -0.25) is 9.59 Å². The maximum atomic E-state index is 13.9. The molecule has 2 saturated heterocycles. The first-order chi connectivity index (χ1) is 20.2. The number of aliphatic carboxylic acids is 2. The Bertz CT molecular complexity index is 1420. The topological polar surface area (TPSA) is 188 Å². The monoisotopic (exact) mass is 605 g/mol. The minimum atomic E-state index is -1.28. The first-order valence-electron chi connectivity index (χ1n) is 13.0. The van der Waals surface area contributed by atoms with Gasteiger partial charge >= 0.3 is 18.0 Å². The number of amides is 4. The Kier molecular flexibility index (Phi) is 10.8. The zero-order valence-electron chi connectivity index (χ0n) is 22.8. The van der Waals surface area contributed by atoms with E-state index in [1.807, 2.05) is 6.07 Å². The molecule has 0 bridgehead atoms. The summed E-state index contributed by atoms with van der Waals surface area (Å²) in [6, 6.07) is 6.88. The van der Waals surface area contributed by atoms with E-state index in [1.165, 1.54) is 0 Å². The van der Waals surface area contributed by atoms with Crippen LogP contribution in [0.5, 0.6) is 0 Å². The predicted molar refractivity (Wildman–Crippen MR) is 145 cm³/mol. The number of carbonyl (C=O) groups excluding carboxylic acids is 3. The van der Waals surface area contributed by atoms with Gasteiger partial charge in [0.05, 0.1) is 6.04 Å². The molecule has 2 aliphatic heterocycles. The number of piperazine rings is 1. The molecule has 2 heterocycles. The molecule has 1 unspecified atom stereocenters. The van der Waals surface area contributed by atoms with Crippen molar-refractivity contribution in [3.05, 3.63) is 82.7 Å². The van der Waals surface area contributed by atoms with Crippen LogP contribution in [-0.4, -0.2) is 93.0 Å². The number of primary amides is 1. The SMILES string of the molecule is NC(=O)c1cccc(CN2CC3CN(C(=O)C[C@H](N)Cc4cc(F)c(F)cc4F)CCN3C2=O)c1.O=C(O)/C=C/C(=O)O. The van der Waals surface area contributed by atoms with Gasteiger partial charge in [0, 0.05) is 69.0 Å². The molecule has 2 aliphatic rings. The number of hydrogen-bond acceptors (Lipinski definition) is 6. The van der Waals surface area contributed by atoms with Gasteiger partial charge in [-0.25, -0.2) is 27.6 Å². The molecule has 4 amide bonds. The Morgan fingerprint density at radius 2 is 1.60 bits per heavy atom. The van der Waals surface area contributed by atoms with Crippen LogP contribution in [0.25, 0.3) is 0 Å². The van der Waals surface area contributed by atoms with E-state index in [4.69, 9.17) is 21.7 Å². The normalized spacial score (nSPS) is 16.9. The third-order valence-corrected chi connectivity index (χ3v) is 6.74. The molecule has 2 atom stereocenters. The number of urea groups is 1. The standard InChI is InChI=1S/C24H26F3N5O3.C4H4O4/c25-19-10-21(27)20(26)8-16(19)7-17(28)9-22(33)30-4-5-32-18(12-30)13-31(24(32)35)11-14-2-1-3-15(6-14)23(29)34;5-3(6)1-2-4(7)8/h1-3,6,8,10,17-18H,4-5,7,9,11-13,28H2,(H2,29,34);1-2H,(H,5,6)(H,7,8)/b;2-1+/t17-,18?;/m1./s1. The van der Waals surface area contributed by atoms with Crippen LogP contribution in [-0.2, 0) is 27.3 Å². The van der Waals surface area contributed by atoms with Gasteiger partial charge in [0.1, 0.15) is 5.82 Å². The van der Waals surface area contributed by atoms with E-state index in [9.17, 15) is 37.1 Å². The van der Waals surface area contributed by atoms with Crippen LogP contribution in [0.4, 0.5) is 18.0 Å².